The Hall–Kier alpha value is -2.76. The number of nitrogens with two attached hydrogens (primary N) is 2. The molecule has 8 atom stereocenters. The maximum absolute atomic E-state index is 12.6. The molecule has 4 aliphatic carbocycles. The van der Waals surface area contributed by atoms with Crippen molar-refractivity contribution in [2.75, 3.05) is 11.5 Å². The molecule has 43 heavy (non-hydrogen) atoms. The Labute approximate surface area is 259 Å². The van der Waals surface area contributed by atoms with E-state index >= 15 is 0 Å². The Balaban J connectivity index is 1.17. The summed E-state index contributed by atoms with van der Waals surface area (Å²) in [6, 6.07) is 4.68. The first-order valence-corrected chi connectivity index (χ1v) is 16.9. The van der Waals surface area contributed by atoms with Crippen molar-refractivity contribution in [1.82, 2.24) is 0 Å². The molecular weight excluding hydrogens is 536 g/mol. The van der Waals surface area contributed by atoms with Crippen LogP contribution in [0.2, 0.25) is 0 Å². The van der Waals surface area contributed by atoms with Gasteiger partial charge in [0.15, 0.2) is 5.75 Å². The van der Waals surface area contributed by atoms with Crippen LogP contribution in [-0.4, -0.2) is 18.0 Å². The lowest BCUT2D eigenvalue weighted by molar-refractivity contribution is -0.145. The van der Waals surface area contributed by atoms with Gasteiger partial charge >= 0.3 is 11.9 Å². The van der Waals surface area contributed by atoms with Crippen molar-refractivity contribution < 1.29 is 19.1 Å². The Morgan fingerprint density at radius 1 is 0.977 bits per heavy atom. The summed E-state index contributed by atoms with van der Waals surface area (Å²) < 4.78 is 11.1. The smallest absolute Gasteiger partial charge is 0.336 e. The number of benzene rings is 1. The maximum atomic E-state index is 12.6. The highest BCUT2D eigenvalue weighted by atomic mass is 16.5. The van der Waals surface area contributed by atoms with Crippen LogP contribution < -0.4 is 16.2 Å². The van der Waals surface area contributed by atoms with E-state index in [1.54, 1.807) is 12.1 Å². The summed E-state index contributed by atoms with van der Waals surface area (Å²) in [5.74, 6) is 3.79. The number of hydrogen-bond donors (Lipinski definition) is 2. The van der Waals surface area contributed by atoms with E-state index in [2.05, 4.69) is 40.7 Å². The Bertz CT molecular complexity index is 1250. The molecule has 236 valence electrons. The van der Waals surface area contributed by atoms with Crippen LogP contribution in [0.25, 0.3) is 0 Å². The summed E-state index contributed by atoms with van der Waals surface area (Å²) in [7, 11) is 0. The second kappa shape index (κ2) is 12.7. The highest BCUT2D eigenvalue weighted by molar-refractivity contribution is 5.93. The van der Waals surface area contributed by atoms with E-state index in [-0.39, 0.29) is 17.3 Å². The van der Waals surface area contributed by atoms with Gasteiger partial charge < -0.3 is 20.9 Å². The standard InChI is InChI=1S/C37H54N2O4/c1-23(2)7-6-8-24(3)29-12-13-30-28-11-9-25-21-27(17-19-36(25,4)31(28)18-20-37(29,30)5)42-34(40)15-16-35(41)43-33-22-26(38)10-14-32(33)39/h9-10,14-16,22-24,27-31H,6-8,11-13,17-21,38-39H2,1-5H3/b16-15+. The third kappa shape index (κ3) is 6.54. The van der Waals surface area contributed by atoms with Crippen molar-refractivity contribution in [1.29, 1.82) is 0 Å². The molecule has 4 aliphatic rings. The number of ether oxygens (including phenoxy) is 2. The van der Waals surface area contributed by atoms with E-state index in [4.69, 9.17) is 20.9 Å². The van der Waals surface area contributed by atoms with Gasteiger partial charge in [0.2, 0.25) is 0 Å². The van der Waals surface area contributed by atoms with Crippen LogP contribution in [0.1, 0.15) is 105 Å². The molecule has 0 heterocycles. The summed E-state index contributed by atoms with van der Waals surface area (Å²) in [4.78, 5) is 24.9. The molecule has 5 rings (SSSR count). The summed E-state index contributed by atoms with van der Waals surface area (Å²) in [6.45, 7) is 12.4. The summed E-state index contributed by atoms with van der Waals surface area (Å²) in [5, 5.41) is 0. The van der Waals surface area contributed by atoms with Gasteiger partial charge in [0.1, 0.15) is 6.10 Å². The Kier molecular flexibility index (Phi) is 9.34. The topological polar surface area (TPSA) is 105 Å². The maximum Gasteiger partial charge on any atom is 0.336 e. The Morgan fingerprint density at radius 2 is 1.74 bits per heavy atom. The van der Waals surface area contributed by atoms with Gasteiger partial charge in [-0.15, -0.1) is 0 Å². The second-order valence-corrected chi connectivity index (χ2v) is 15.1. The summed E-state index contributed by atoms with van der Waals surface area (Å²) in [5.41, 5.74) is 14.5. The first-order valence-electron chi connectivity index (χ1n) is 16.9. The van der Waals surface area contributed by atoms with Crippen molar-refractivity contribution in [2.45, 2.75) is 111 Å². The quantitative estimate of drug-likeness (QED) is 0.0986. The van der Waals surface area contributed by atoms with Gasteiger partial charge in [-0.2, -0.15) is 0 Å². The molecule has 0 aliphatic heterocycles. The Morgan fingerprint density at radius 3 is 2.51 bits per heavy atom. The molecule has 6 nitrogen and oxygen atoms in total. The lowest BCUT2D eigenvalue weighted by atomic mass is 9.47. The van der Waals surface area contributed by atoms with E-state index in [9.17, 15) is 9.59 Å². The van der Waals surface area contributed by atoms with E-state index in [1.165, 1.54) is 63.0 Å². The SMILES string of the molecule is CC(C)CCCC(C)C1CCC2C3CC=C4CC(OC(=O)/C=C/C(=O)Oc5cc(N)ccc5N)CCC4(C)C3CCC12C. The van der Waals surface area contributed by atoms with Gasteiger partial charge in [-0.05, 0) is 103 Å². The molecule has 0 saturated heterocycles. The lowest BCUT2D eigenvalue weighted by Crippen LogP contribution is -2.51. The largest absolute Gasteiger partial charge is 0.459 e. The van der Waals surface area contributed by atoms with Crippen LogP contribution in [0.15, 0.2) is 42.0 Å². The first kappa shape index (κ1) is 31.7. The fourth-order valence-electron chi connectivity index (χ4n) is 9.87. The molecule has 1 aromatic rings. The molecule has 1 aromatic carbocycles. The van der Waals surface area contributed by atoms with Crippen LogP contribution in [0.4, 0.5) is 11.4 Å². The molecule has 0 bridgehead atoms. The fourth-order valence-corrected chi connectivity index (χ4v) is 9.87. The van der Waals surface area contributed by atoms with Gasteiger partial charge in [-0.3, -0.25) is 0 Å². The van der Waals surface area contributed by atoms with Crippen molar-refractivity contribution in [3.8, 4) is 5.75 Å². The highest BCUT2D eigenvalue weighted by Crippen LogP contribution is 2.67. The average molecular weight is 591 g/mol. The monoisotopic (exact) mass is 590 g/mol. The first-order chi connectivity index (χ1) is 20.4. The fraction of sp³-hybridized carbons (Fsp3) is 0.676. The number of fused-ring (bicyclic) bond motifs is 5. The normalized spacial score (nSPS) is 34.2. The van der Waals surface area contributed by atoms with Gasteiger partial charge in [0.05, 0.1) is 5.69 Å². The number of rotatable bonds is 9. The minimum absolute atomic E-state index is 0.162. The van der Waals surface area contributed by atoms with Gasteiger partial charge in [0.25, 0.3) is 0 Å². The van der Waals surface area contributed by atoms with Crippen molar-refractivity contribution in [2.24, 2.45) is 46.3 Å². The van der Waals surface area contributed by atoms with Crippen LogP contribution in [0, 0.1) is 46.3 Å². The molecule has 0 spiro atoms. The van der Waals surface area contributed by atoms with Crippen molar-refractivity contribution in [3.63, 3.8) is 0 Å². The van der Waals surface area contributed by atoms with Gasteiger partial charge in [-0.1, -0.05) is 65.5 Å². The summed E-state index contributed by atoms with van der Waals surface area (Å²) >= 11 is 0. The van der Waals surface area contributed by atoms with Crippen LogP contribution in [0.3, 0.4) is 0 Å². The minimum atomic E-state index is -0.699. The van der Waals surface area contributed by atoms with E-state index in [1.807, 2.05) is 0 Å². The zero-order valence-electron chi connectivity index (χ0n) is 27.1. The van der Waals surface area contributed by atoms with Crippen molar-refractivity contribution in [3.05, 3.63) is 42.0 Å². The molecule has 3 saturated carbocycles. The minimum Gasteiger partial charge on any atom is -0.459 e. The molecular formula is C37H54N2O4. The number of anilines is 2. The van der Waals surface area contributed by atoms with E-state index in [0.717, 1.165) is 66.9 Å². The second-order valence-electron chi connectivity index (χ2n) is 15.1. The predicted octanol–water partition coefficient (Wildman–Crippen LogP) is 8.27. The van der Waals surface area contributed by atoms with E-state index < -0.39 is 11.9 Å². The number of nitrogen functional groups attached to an aromatic ring is 2. The molecule has 0 aromatic heterocycles. The highest BCUT2D eigenvalue weighted by Gasteiger charge is 2.59. The number of carbonyl (C=O) groups is 2. The third-order valence-corrected chi connectivity index (χ3v) is 12.1. The van der Waals surface area contributed by atoms with Crippen LogP contribution >= 0.6 is 0 Å². The number of esters is 2. The van der Waals surface area contributed by atoms with Gasteiger partial charge in [0, 0.05) is 30.3 Å². The molecule has 6 heteroatoms. The number of hydrogen-bond acceptors (Lipinski definition) is 6. The zero-order chi connectivity index (χ0) is 30.9. The van der Waals surface area contributed by atoms with Crippen molar-refractivity contribution >= 4 is 23.3 Å². The van der Waals surface area contributed by atoms with Gasteiger partial charge in [-0.25, -0.2) is 9.59 Å². The number of allylic oxidation sites excluding steroid dienone is 1. The summed E-state index contributed by atoms with van der Waals surface area (Å²) in [6.07, 6.45) is 18.1. The lowest BCUT2D eigenvalue weighted by Gasteiger charge is -2.58. The van der Waals surface area contributed by atoms with E-state index in [0.29, 0.717) is 16.8 Å². The molecule has 0 amide bonds. The molecule has 3 fully saturated rings. The number of carbonyl (C=O) groups excluding carboxylic acids is 2. The molecule has 0 radical (unpaired) electrons. The predicted molar refractivity (Wildman–Crippen MR) is 173 cm³/mol. The third-order valence-electron chi connectivity index (χ3n) is 12.1. The molecule has 8 unspecified atom stereocenters. The zero-order valence-corrected chi connectivity index (χ0v) is 27.1. The average Bonchev–Trinajstić information content (AvgIpc) is 3.31. The molecule has 4 N–H and O–H groups in total. The van der Waals surface area contributed by atoms with Crippen LogP contribution in [-0.2, 0) is 14.3 Å². The van der Waals surface area contributed by atoms with Crippen LogP contribution in [0.5, 0.6) is 5.75 Å².